The average Bonchev–Trinajstić information content (AvgIpc) is 2.97. The first-order valence-electron chi connectivity index (χ1n) is 7.48. The second-order valence-electron chi connectivity index (χ2n) is 5.58. The first-order chi connectivity index (χ1) is 12.2. The number of sulfonamides is 2. The summed E-state index contributed by atoms with van der Waals surface area (Å²) in [6.45, 7) is -0.462. The van der Waals surface area contributed by atoms with Gasteiger partial charge in [0.1, 0.15) is 0 Å². The Labute approximate surface area is 156 Å². The number of rotatable bonds is 6. The third-order valence-corrected chi connectivity index (χ3v) is 6.43. The third kappa shape index (κ3) is 3.70. The summed E-state index contributed by atoms with van der Waals surface area (Å²) in [5.74, 6) is 0. The van der Waals surface area contributed by atoms with Crippen molar-refractivity contribution in [3.63, 3.8) is 0 Å². The van der Waals surface area contributed by atoms with Gasteiger partial charge in [-0.2, -0.15) is 4.72 Å². The molecule has 138 valence electrons. The normalized spacial score (nSPS) is 12.4. The minimum Gasteiger partial charge on any atom is -0.360 e. The Kier molecular flexibility index (Phi) is 4.98. The molecular formula is C16H16ClN3O4S2. The maximum Gasteiger partial charge on any atom is 0.265 e. The van der Waals surface area contributed by atoms with E-state index < -0.39 is 26.7 Å². The summed E-state index contributed by atoms with van der Waals surface area (Å²) in [5.41, 5.74) is 0.911. The smallest absolute Gasteiger partial charge is 0.265 e. The molecule has 0 aliphatic heterocycles. The number of nitrogens with one attached hydrogen (secondary N) is 2. The first-order valence-corrected chi connectivity index (χ1v) is 11.2. The Morgan fingerprint density at radius 2 is 1.73 bits per heavy atom. The van der Waals surface area contributed by atoms with Crippen molar-refractivity contribution in [2.45, 2.75) is 4.90 Å². The molecule has 3 aromatic rings. The summed E-state index contributed by atoms with van der Waals surface area (Å²) in [4.78, 5) is 3.00. The van der Waals surface area contributed by atoms with Gasteiger partial charge < -0.3 is 4.98 Å². The number of nitrogens with zero attached hydrogens (tertiary/aromatic N) is 1. The molecule has 10 heteroatoms. The van der Waals surface area contributed by atoms with E-state index in [1.165, 1.54) is 12.1 Å². The third-order valence-electron chi connectivity index (χ3n) is 3.71. The fourth-order valence-electron chi connectivity index (χ4n) is 2.53. The van der Waals surface area contributed by atoms with Crippen LogP contribution in [0.25, 0.3) is 10.9 Å². The molecule has 0 aliphatic carbocycles. The predicted octanol–water partition coefficient (Wildman–Crippen LogP) is 2.52. The highest BCUT2D eigenvalue weighted by Crippen LogP contribution is 2.35. The Morgan fingerprint density at radius 3 is 2.38 bits per heavy atom. The van der Waals surface area contributed by atoms with Gasteiger partial charge in [0.25, 0.3) is 10.0 Å². The molecule has 1 heterocycles. The molecule has 0 saturated heterocycles. The quantitative estimate of drug-likeness (QED) is 0.606. The first kappa shape index (κ1) is 18.7. The predicted molar refractivity (Wildman–Crippen MR) is 102 cm³/mol. The molecule has 2 N–H and O–H groups in total. The van der Waals surface area contributed by atoms with Crippen LogP contribution in [0.15, 0.2) is 59.6 Å². The number of halogens is 1. The highest BCUT2D eigenvalue weighted by atomic mass is 35.5. The van der Waals surface area contributed by atoms with Crippen molar-refractivity contribution < 1.29 is 16.8 Å². The van der Waals surface area contributed by atoms with Gasteiger partial charge in [-0.25, -0.2) is 16.8 Å². The summed E-state index contributed by atoms with van der Waals surface area (Å²) < 4.78 is 52.7. The number of fused-ring (bicyclic) bond motifs is 1. The molecule has 1 aromatic heterocycles. The number of anilines is 1. The number of aromatic nitrogens is 1. The standard InChI is InChI=1S/C16H16ClN3O4S2/c1-25(21,22)19-11-20(26(23,24)12-6-3-2-4-7-12)15-9-5-8-14-16(15)13(17)10-18-14/h2-10,18-19H,11H2,1H3. The van der Waals surface area contributed by atoms with Crippen molar-refractivity contribution in [3.8, 4) is 0 Å². The lowest BCUT2D eigenvalue weighted by Gasteiger charge is -2.25. The van der Waals surface area contributed by atoms with Crippen molar-refractivity contribution in [3.05, 3.63) is 59.8 Å². The van der Waals surface area contributed by atoms with Crippen molar-refractivity contribution in [1.29, 1.82) is 0 Å². The zero-order chi connectivity index (χ0) is 18.9. The van der Waals surface area contributed by atoms with E-state index in [1.54, 1.807) is 42.6 Å². The van der Waals surface area contributed by atoms with Gasteiger partial charge in [-0.05, 0) is 24.3 Å². The lowest BCUT2D eigenvalue weighted by molar-refractivity contribution is 0.581. The van der Waals surface area contributed by atoms with Crippen LogP contribution in [0.3, 0.4) is 0 Å². The van der Waals surface area contributed by atoms with Gasteiger partial charge >= 0.3 is 0 Å². The Bertz CT molecular complexity index is 1140. The Hall–Kier alpha value is -2.07. The topological polar surface area (TPSA) is 99.3 Å². The molecule has 0 fully saturated rings. The van der Waals surface area contributed by atoms with Gasteiger partial charge in [-0.15, -0.1) is 0 Å². The molecule has 0 aliphatic rings. The van der Waals surface area contributed by atoms with E-state index in [0.717, 1.165) is 10.6 Å². The van der Waals surface area contributed by atoms with Gasteiger partial charge in [-0.1, -0.05) is 35.9 Å². The molecule has 0 unspecified atom stereocenters. The summed E-state index contributed by atoms with van der Waals surface area (Å²) in [6, 6.07) is 12.8. The number of benzene rings is 2. The van der Waals surface area contributed by atoms with E-state index in [1.807, 2.05) is 0 Å². The summed E-state index contributed by atoms with van der Waals surface area (Å²) in [7, 11) is -7.65. The molecule has 0 spiro atoms. The minimum absolute atomic E-state index is 0.0407. The largest absolute Gasteiger partial charge is 0.360 e. The van der Waals surface area contributed by atoms with E-state index in [4.69, 9.17) is 11.6 Å². The van der Waals surface area contributed by atoms with Crippen LogP contribution in [0, 0.1) is 0 Å². The fraction of sp³-hybridized carbons (Fsp3) is 0.125. The summed E-state index contributed by atoms with van der Waals surface area (Å²) in [5, 5.41) is 0.826. The van der Waals surface area contributed by atoms with Crippen molar-refractivity contribution in [2.75, 3.05) is 17.2 Å². The van der Waals surface area contributed by atoms with E-state index in [-0.39, 0.29) is 10.6 Å². The maximum atomic E-state index is 13.2. The lowest BCUT2D eigenvalue weighted by atomic mass is 10.2. The zero-order valence-corrected chi connectivity index (χ0v) is 16.1. The average molecular weight is 414 g/mol. The molecule has 0 bridgehead atoms. The van der Waals surface area contributed by atoms with Crippen LogP contribution in [0.4, 0.5) is 5.69 Å². The van der Waals surface area contributed by atoms with E-state index in [9.17, 15) is 16.8 Å². The monoisotopic (exact) mass is 413 g/mol. The van der Waals surface area contributed by atoms with Crippen LogP contribution in [0.1, 0.15) is 0 Å². The number of H-pyrrole nitrogens is 1. The van der Waals surface area contributed by atoms with Gasteiger partial charge in [0.2, 0.25) is 10.0 Å². The van der Waals surface area contributed by atoms with Crippen molar-refractivity contribution in [2.24, 2.45) is 0 Å². The van der Waals surface area contributed by atoms with Crippen molar-refractivity contribution >= 4 is 48.2 Å². The minimum atomic E-state index is -4.03. The molecule has 3 rings (SSSR count). The fourth-order valence-corrected chi connectivity index (χ4v) is 4.63. The van der Waals surface area contributed by atoms with Crippen LogP contribution >= 0.6 is 11.6 Å². The highest BCUT2D eigenvalue weighted by molar-refractivity contribution is 7.93. The zero-order valence-electron chi connectivity index (χ0n) is 13.7. The van der Waals surface area contributed by atoms with E-state index in [2.05, 4.69) is 9.71 Å². The van der Waals surface area contributed by atoms with Crippen molar-refractivity contribution in [1.82, 2.24) is 9.71 Å². The Balaban J connectivity index is 2.19. The molecule has 2 aromatic carbocycles. The van der Waals surface area contributed by atoms with Crippen LogP contribution in [-0.2, 0) is 20.0 Å². The lowest BCUT2D eigenvalue weighted by Crippen LogP contribution is -2.41. The SMILES string of the molecule is CS(=O)(=O)NCN(c1cccc2[nH]cc(Cl)c12)S(=O)(=O)c1ccccc1. The van der Waals surface area contributed by atoms with Crippen LogP contribution in [0.2, 0.25) is 5.02 Å². The highest BCUT2D eigenvalue weighted by Gasteiger charge is 2.27. The Morgan fingerprint density at radius 1 is 1.04 bits per heavy atom. The number of hydrogen-bond donors (Lipinski definition) is 2. The molecule has 26 heavy (non-hydrogen) atoms. The van der Waals surface area contributed by atoms with Gasteiger partial charge in [0.15, 0.2) is 0 Å². The molecule has 7 nitrogen and oxygen atoms in total. The number of hydrogen-bond acceptors (Lipinski definition) is 4. The molecule has 0 radical (unpaired) electrons. The second kappa shape index (κ2) is 6.92. The number of aromatic amines is 1. The molecule has 0 amide bonds. The summed E-state index contributed by atoms with van der Waals surface area (Å²) >= 11 is 6.22. The van der Waals surface area contributed by atoms with Gasteiger partial charge in [0, 0.05) is 17.1 Å². The molecule has 0 saturated carbocycles. The van der Waals surface area contributed by atoms with E-state index in [0.29, 0.717) is 15.9 Å². The summed E-state index contributed by atoms with van der Waals surface area (Å²) in [6.07, 6.45) is 2.51. The van der Waals surface area contributed by atoms with Gasteiger partial charge in [-0.3, -0.25) is 4.31 Å². The van der Waals surface area contributed by atoms with Crippen LogP contribution in [-0.4, -0.2) is 34.7 Å². The second-order valence-corrected chi connectivity index (χ2v) is 9.68. The molecule has 0 atom stereocenters. The maximum absolute atomic E-state index is 13.2. The van der Waals surface area contributed by atoms with Gasteiger partial charge in [0.05, 0.1) is 28.5 Å². The van der Waals surface area contributed by atoms with Crippen LogP contribution < -0.4 is 9.03 Å². The van der Waals surface area contributed by atoms with E-state index >= 15 is 0 Å². The molecular weight excluding hydrogens is 398 g/mol. The van der Waals surface area contributed by atoms with Crippen LogP contribution in [0.5, 0.6) is 0 Å².